The topological polar surface area (TPSA) is 46.2 Å². The maximum Gasteiger partial charge on any atom is 0.224 e. The normalized spacial score (nSPS) is 10.1. The highest BCUT2D eigenvalue weighted by atomic mass is 16.2. The lowest BCUT2D eigenvalue weighted by Gasteiger charge is -2.05. The van der Waals surface area contributed by atoms with Crippen LogP contribution in [0.3, 0.4) is 0 Å². The van der Waals surface area contributed by atoms with Crippen LogP contribution in [0.15, 0.2) is 54.6 Å². The van der Waals surface area contributed by atoms with Crippen LogP contribution in [0.5, 0.6) is 0 Å². The molecule has 21 heavy (non-hydrogen) atoms. The van der Waals surface area contributed by atoms with Crippen molar-refractivity contribution in [2.24, 2.45) is 0 Å². The molecule has 0 aromatic heterocycles. The van der Waals surface area contributed by atoms with Crippen LogP contribution in [-0.2, 0) is 11.2 Å². The summed E-state index contributed by atoms with van der Waals surface area (Å²) in [6.45, 7) is 2.07. The van der Waals surface area contributed by atoms with Gasteiger partial charge in [-0.1, -0.05) is 49.4 Å². The highest BCUT2D eigenvalue weighted by Crippen LogP contribution is 2.10. The first-order valence-corrected chi connectivity index (χ1v) is 7.16. The van der Waals surface area contributed by atoms with Gasteiger partial charge in [0.1, 0.15) is 0 Å². The lowest BCUT2D eigenvalue weighted by Crippen LogP contribution is -2.13. The number of aryl methyl sites for hydroxylation is 1. The molecule has 0 fully saturated rings. The minimum absolute atomic E-state index is 0.000801. The molecule has 0 aliphatic heterocycles. The van der Waals surface area contributed by atoms with E-state index in [0.717, 1.165) is 12.1 Å². The van der Waals surface area contributed by atoms with Gasteiger partial charge in [0, 0.05) is 24.1 Å². The van der Waals surface area contributed by atoms with E-state index in [4.69, 9.17) is 0 Å². The number of para-hydroxylation sites is 1. The van der Waals surface area contributed by atoms with Gasteiger partial charge < -0.3 is 5.32 Å². The zero-order valence-corrected chi connectivity index (χ0v) is 12.1. The molecule has 0 saturated heterocycles. The summed E-state index contributed by atoms with van der Waals surface area (Å²) in [5.41, 5.74) is 2.62. The van der Waals surface area contributed by atoms with E-state index >= 15 is 0 Å². The van der Waals surface area contributed by atoms with Crippen LogP contribution in [0.4, 0.5) is 5.69 Å². The minimum Gasteiger partial charge on any atom is -0.326 e. The number of rotatable bonds is 6. The van der Waals surface area contributed by atoms with Crippen LogP contribution in [0.25, 0.3) is 0 Å². The molecule has 0 spiro atoms. The molecule has 0 radical (unpaired) electrons. The van der Waals surface area contributed by atoms with Gasteiger partial charge in [0.05, 0.1) is 0 Å². The Bertz CT molecular complexity index is 603. The first-order valence-electron chi connectivity index (χ1n) is 7.16. The van der Waals surface area contributed by atoms with Crippen molar-refractivity contribution in [1.82, 2.24) is 0 Å². The van der Waals surface area contributed by atoms with Crippen molar-refractivity contribution >= 4 is 17.4 Å². The number of anilines is 1. The number of ketones is 1. The molecular weight excluding hydrogens is 262 g/mol. The largest absolute Gasteiger partial charge is 0.326 e. The molecule has 108 valence electrons. The Morgan fingerprint density at radius 1 is 0.905 bits per heavy atom. The van der Waals surface area contributed by atoms with E-state index in [9.17, 15) is 9.59 Å². The van der Waals surface area contributed by atoms with Gasteiger partial charge in [-0.05, 0) is 24.1 Å². The average molecular weight is 281 g/mol. The van der Waals surface area contributed by atoms with Crippen molar-refractivity contribution < 1.29 is 9.59 Å². The van der Waals surface area contributed by atoms with Crippen molar-refractivity contribution in [3.05, 3.63) is 65.7 Å². The van der Waals surface area contributed by atoms with Crippen molar-refractivity contribution in [2.45, 2.75) is 26.2 Å². The second-order valence-corrected chi connectivity index (χ2v) is 4.89. The van der Waals surface area contributed by atoms with E-state index in [1.54, 1.807) is 0 Å². The second-order valence-electron chi connectivity index (χ2n) is 4.89. The summed E-state index contributed by atoms with van der Waals surface area (Å²) < 4.78 is 0. The van der Waals surface area contributed by atoms with Gasteiger partial charge in [-0.2, -0.15) is 0 Å². The predicted molar refractivity (Wildman–Crippen MR) is 84.5 cm³/mol. The third kappa shape index (κ3) is 4.56. The van der Waals surface area contributed by atoms with E-state index in [2.05, 4.69) is 12.2 Å². The number of nitrogens with one attached hydrogen (secondary N) is 1. The summed E-state index contributed by atoms with van der Waals surface area (Å²) in [7, 11) is 0. The molecule has 1 amide bonds. The molecule has 0 bridgehead atoms. The van der Waals surface area contributed by atoms with Crippen LogP contribution in [-0.4, -0.2) is 11.7 Å². The lowest BCUT2D eigenvalue weighted by molar-refractivity contribution is -0.116. The monoisotopic (exact) mass is 281 g/mol. The van der Waals surface area contributed by atoms with Crippen molar-refractivity contribution in [3.63, 3.8) is 0 Å². The summed E-state index contributed by atoms with van der Waals surface area (Å²) in [5.74, 6) is -0.138. The summed E-state index contributed by atoms with van der Waals surface area (Å²) in [4.78, 5) is 23.8. The van der Waals surface area contributed by atoms with Gasteiger partial charge in [-0.15, -0.1) is 0 Å². The Labute approximate surface area is 125 Å². The Hall–Kier alpha value is -2.42. The zero-order chi connectivity index (χ0) is 15.1. The highest BCUT2D eigenvalue weighted by Gasteiger charge is 2.09. The Morgan fingerprint density at radius 2 is 1.57 bits per heavy atom. The molecule has 1 N–H and O–H groups in total. The second kappa shape index (κ2) is 7.39. The standard InChI is InChI=1S/C18H19NO2/c1-2-14-8-10-15(11-9-14)17(20)12-13-18(21)19-16-6-4-3-5-7-16/h3-11H,2,12-13H2,1H3,(H,19,21). The van der Waals surface area contributed by atoms with Crippen LogP contribution in [0, 0.1) is 0 Å². The maximum absolute atomic E-state index is 12.0. The lowest BCUT2D eigenvalue weighted by atomic mass is 10.0. The number of carbonyl (C=O) groups excluding carboxylic acids is 2. The van der Waals surface area contributed by atoms with Crippen LogP contribution >= 0.6 is 0 Å². The fraction of sp³-hybridized carbons (Fsp3) is 0.222. The summed E-state index contributed by atoms with van der Waals surface area (Å²) >= 11 is 0. The van der Waals surface area contributed by atoms with Crippen LogP contribution in [0.2, 0.25) is 0 Å². The van der Waals surface area contributed by atoms with Crippen molar-refractivity contribution in [3.8, 4) is 0 Å². The molecule has 0 heterocycles. The fourth-order valence-electron chi connectivity index (χ4n) is 2.04. The van der Waals surface area contributed by atoms with E-state index in [0.29, 0.717) is 5.56 Å². The van der Waals surface area contributed by atoms with Crippen molar-refractivity contribution in [2.75, 3.05) is 5.32 Å². The number of hydrogen-bond donors (Lipinski definition) is 1. The van der Waals surface area contributed by atoms with Gasteiger partial charge in [0.2, 0.25) is 5.91 Å². The summed E-state index contributed by atoms with van der Waals surface area (Å²) in [6, 6.07) is 16.8. The Balaban J connectivity index is 1.84. The van der Waals surface area contributed by atoms with Gasteiger partial charge in [-0.3, -0.25) is 9.59 Å². The molecule has 2 aromatic rings. The minimum atomic E-state index is -0.139. The smallest absolute Gasteiger partial charge is 0.224 e. The fourth-order valence-corrected chi connectivity index (χ4v) is 2.04. The van der Waals surface area contributed by atoms with Crippen LogP contribution in [0.1, 0.15) is 35.7 Å². The molecule has 2 aromatic carbocycles. The molecule has 0 unspecified atom stereocenters. The van der Waals surface area contributed by atoms with E-state index in [1.807, 2.05) is 54.6 Å². The first kappa shape index (κ1) is 15.0. The number of carbonyl (C=O) groups is 2. The molecule has 3 nitrogen and oxygen atoms in total. The van der Waals surface area contributed by atoms with E-state index < -0.39 is 0 Å². The van der Waals surface area contributed by atoms with Gasteiger partial charge in [-0.25, -0.2) is 0 Å². The molecule has 2 rings (SSSR count). The number of amides is 1. The Morgan fingerprint density at radius 3 is 2.19 bits per heavy atom. The first-order chi connectivity index (χ1) is 10.2. The average Bonchev–Trinajstić information content (AvgIpc) is 2.53. The number of hydrogen-bond acceptors (Lipinski definition) is 2. The molecule has 3 heteroatoms. The Kier molecular flexibility index (Phi) is 5.27. The maximum atomic E-state index is 12.0. The third-order valence-corrected chi connectivity index (χ3v) is 3.32. The quantitative estimate of drug-likeness (QED) is 0.817. The highest BCUT2D eigenvalue weighted by molar-refractivity contribution is 6.00. The molecule has 0 atom stereocenters. The van der Waals surface area contributed by atoms with Crippen LogP contribution < -0.4 is 5.32 Å². The molecule has 0 aliphatic carbocycles. The van der Waals surface area contributed by atoms with Gasteiger partial charge in [0.25, 0.3) is 0 Å². The zero-order valence-electron chi connectivity index (χ0n) is 12.1. The van der Waals surface area contributed by atoms with E-state index in [-0.39, 0.29) is 24.5 Å². The third-order valence-electron chi connectivity index (χ3n) is 3.32. The molecule has 0 saturated carbocycles. The number of Topliss-reactive ketones (excluding diaryl/α,β-unsaturated/α-hetero) is 1. The van der Waals surface area contributed by atoms with Gasteiger partial charge >= 0.3 is 0 Å². The summed E-state index contributed by atoms with van der Waals surface area (Å²) in [5, 5.41) is 2.78. The summed E-state index contributed by atoms with van der Waals surface area (Å²) in [6.07, 6.45) is 1.38. The van der Waals surface area contributed by atoms with Crippen molar-refractivity contribution in [1.29, 1.82) is 0 Å². The molecule has 0 aliphatic rings. The van der Waals surface area contributed by atoms with E-state index in [1.165, 1.54) is 5.56 Å². The predicted octanol–water partition coefficient (Wildman–Crippen LogP) is 3.85. The van der Waals surface area contributed by atoms with Gasteiger partial charge in [0.15, 0.2) is 5.78 Å². The molecular formula is C18H19NO2. The number of benzene rings is 2. The SMILES string of the molecule is CCc1ccc(C(=O)CCC(=O)Nc2ccccc2)cc1.